The lowest BCUT2D eigenvalue weighted by Crippen LogP contribution is -1.94. The second kappa shape index (κ2) is 5.88. The van der Waals surface area contributed by atoms with Gasteiger partial charge in [-0.25, -0.2) is 4.79 Å². The van der Waals surface area contributed by atoms with E-state index in [9.17, 15) is 17.1 Å². The molecular weight excluding hydrogens is 295 g/mol. The molecule has 0 radical (unpaired) electrons. The number of halogens is 1. The first-order valence-corrected chi connectivity index (χ1v) is 7.31. The third-order valence-electron chi connectivity index (χ3n) is 2.77. The lowest BCUT2D eigenvalue weighted by molar-refractivity contribution is 0.0697. The molecule has 0 saturated carbocycles. The maximum atomic E-state index is 12.9. The van der Waals surface area contributed by atoms with Gasteiger partial charge in [0.05, 0.1) is 10.5 Å². The molecule has 21 heavy (non-hydrogen) atoms. The summed E-state index contributed by atoms with van der Waals surface area (Å²) in [5.41, 5.74) is 1.45. The van der Waals surface area contributed by atoms with Crippen LogP contribution < -0.4 is 0 Å². The normalized spacial score (nSPS) is 11.7. The number of carbonyl (C=O) groups is 1. The first kappa shape index (κ1) is 14.9. The van der Waals surface area contributed by atoms with Crippen LogP contribution in [-0.4, -0.2) is 19.5 Å². The minimum Gasteiger partial charge on any atom is -0.478 e. The van der Waals surface area contributed by atoms with Crippen molar-refractivity contribution in [1.29, 1.82) is 0 Å². The van der Waals surface area contributed by atoms with E-state index in [4.69, 9.17) is 5.11 Å². The molecule has 0 aromatic heterocycles. The largest absolute Gasteiger partial charge is 0.478 e. The molecule has 0 heterocycles. The van der Waals surface area contributed by atoms with E-state index < -0.39 is 21.1 Å². The molecule has 0 amide bonds. The minimum atomic E-state index is -4.72. The van der Waals surface area contributed by atoms with Gasteiger partial charge in [-0.3, -0.25) is 0 Å². The fraction of sp³-hybridized carbons (Fsp3) is 0. The van der Waals surface area contributed by atoms with Crippen LogP contribution in [-0.2, 0) is 10.2 Å². The molecule has 0 aliphatic rings. The predicted octanol–water partition coefficient (Wildman–Crippen LogP) is 3.21. The number of hydrogen-bond acceptors (Lipinski definition) is 3. The average molecular weight is 306 g/mol. The Morgan fingerprint density at radius 1 is 1.00 bits per heavy atom. The summed E-state index contributed by atoms with van der Waals surface area (Å²) in [6, 6.07) is 11.6. The van der Waals surface area contributed by atoms with Crippen molar-refractivity contribution in [3.63, 3.8) is 0 Å². The van der Waals surface area contributed by atoms with Gasteiger partial charge in [-0.1, -0.05) is 36.4 Å². The predicted molar refractivity (Wildman–Crippen MR) is 77.1 cm³/mol. The quantitative estimate of drug-likeness (QED) is 0.695. The Morgan fingerprint density at radius 2 is 1.62 bits per heavy atom. The highest BCUT2D eigenvalue weighted by atomic mass is 32.3. The Balaban J connectivity index is 2.23. The molecule has 0 aliphatic carbocycles. The first-order chi connectivity index (χ1) is 9.86. The molecule has 2 aromatic carbocycles. The van der Waals surface area contributed by atoms with Crippen molar-refractivity contribution in [2.24, 2.45) is 0 Å². The van der Waals surface area contributed by atoms with Crippen LogP contribution in [0.15, 0.2) is 53.4 Å². The molecule has 108 valence electrons. The van der Waals surface area contributed by atoms with Gasteiger partial charge in [0.1, 0.15) is 0 Å². The summed E-state index contributed by atoms with van der Waals surface area (Å²) in [6.45, 7) is 0. The Bertz CT molecular complexity index is 793. The fourth-order valence-corrected chi connectivity index (χ4v) is 2.22. The summed E-state index contributed by atoms with van der Waals surface area (Å²) in [4.78, 5) is 10.3. The molecule has 2 aromatic rings. The van der Waals surface area contributed by atoms with Crippen molar-refractivity contribution in [3.05, 3.63) is 65.2 Å². The summed E-state index contributed by atoms with van der Waals surface area (Å²) in [5.74, 6) is -1.01. The zero-order valence-corrected chi connectivity index (χ0v) is 11.5. The van der Waals surface area contributed by atoms with Gasteiger partial charge in [-0.2, -0.15) is 8.42 Å². The Morgan fingerprint density at radius 3 is 2.19 bits per heavy atom. The third kappa shape index (κ3) is 4.00. The van der Waals surface area contributed by atoms with Crippen molar-refractivity contribution in [2.75, 3.05) is 0 Å². The SMILES string of the molecule is O=C(O)c1ccc(/C=C/c2cccc(S(=O)(=O)F)c2)cc1. The molecule has 1 N–H and O–H groups in total. The molecule has 0 fully saturated rings. The van der Waals surface area contributed by atoms with E-state index in [0.29, 0.717) is 5.56 Å². The third-order valence-corrected chi connectivity index (χ3v) is 3.58. The molecule has 6 heteroatoms. The molecule has 0 atom stereocenters. The highest BCUT2D eigenvalue weighted by molar-refractivity contribution is 7.86. The zero-order chi connectivity index (χ0) is 15.5. The topological polar surface area (TPSA) is 71.4 Å². The van der Waals surface area contributed by atoms with Gasteiger partial charge in [0.2, 0.25) is 0 Å². The van der Waals surface area contributed by atoms with E-state index in [1.807, 2.05) is 0 Å². The maximum absolute atomic E-state index is 12.9. The number of hydrogen-bond donors (Lipinski definition) is 1. The number of rotatable bonds is 4. The van der Waals surface area contributed by atoms with Crippen LogP contribution in [0.1, 0.15) is 21.5 Å². The Kier molecular flexibility index (Phi) is 4.18. The van der Waals surface area contributed by atoms with E-state index in [1.54, 1.807) is 30.4 Å². The van der Waals surface area contributed by atoms with E-state index in [2.05, 4.69) is 0 Å². The smallest absolute Gasteiger partial charge is 0.335 e. The van der Waals surface area contributed by atoms with Crippen LogP contribution >= 0.6 is 0 Å². The second-order valence-corrected chi connectivity index (χ2v) is 5.62. The van der Waals surface area contributed by atoms with Gasteiger partial charge in [0.15, 0.2) is 0 Å². The van der Waals surface area contributed by atoms with Crippen molar-refractivity contribution < 1.29 is 22.2 Å². The van der Waals surface area contributed by atoms with Crippen LogP contribution in [0.2, 0.25) is 0 Å². The Labute approximate surface area is 121 Å². The summed E-state index contributed by atoms with van der Waals surface area (Å²) >= 11 is 0. The van der Waals surface area contributed by atoms with E-state index in [0.717, 1.165) is 5.56 Å². The lowest BCUT2D eigenvalue weighted by Gasteiger charge is -1.98. The van der Waals surface area contributed by atoms with Crippen LogP contribution in [0, 0.1) is 0 Å². The molecular formula is C15H11FO4S. The first-order valence-electron chi connectivity index (χ1n) is 5.92. The van der Waals surface area contributed by atoms with Crippen molar-refractivity contribution >= 4 is 28.3 Å². The van der Waals surface area contributed by atoms with Crippen molar-refractivity contribution in [2.45, 2.75) is 4.90 Å². The number of carboxylic acid groups (broad SMARTS) is 1. The molecule has 0 unspecified atom stereocenters. The number of aromatic carboxylic acids is 1. The zero-order valence-electron chi connectivity index (χ0n) is 10.7. The van der Waals surface area contributed by atoms with Gasteiger partial charge in [0, 0.05) is 0 Å². The van der Waals surface area contributed by atoms with Gasteiger partial charge >= 0.3 is 16.2 Å². The fourth-order valence-electron chi connectivity index (χ4n) is 1.70. The minimum absolute atomic E-state index is 0.178. The van der Waals surface area contributed by atoms with Gasteiger partial charge in [-0.15, -0.1) is 3.89 Å². The number of carboxylic acids is 1. The highest BCUT2D eigenvalue weighted by Gasteiger charge is 2.10. The average Bonchev–Trinajstić information content (AvgIpc) is 2.45. The van der Waals surface area contributed by atoms with Crippen molar-refractivity contribution in [1.82, 2.24) is 0 Å². The van der Waals surface area contributed by atoms with Gasteiger partial charge < -0.3 is 5.11 Å². The highest BCUT2D eigenvalue weighted by Crippen LogP contribution is 2.16. The van der Waals surface area contributed by atoms with E-state index in [1.165, 1.54) is 30.3 Å². The summed E-state index contributed by atoms with van der Waals surface area (Å²) in [5, 5.41) is 8.78. The van der Waals surface area contributed by atoms with Crippen LogP contribution in [0.4, 0.5) is 3.89 Å². The molecule has 2 rings (SSSR count). The number of benzene rings is 2. The maximum Gasteiger partial charge on any atom is 0.335 e. The summed E-state index contributed by atoms with van der Waals surface area (Å²) < 4.78 is 34.5. The van der Waals surface area contributed by atoms with Crippen LogP contribution in [0.3, 0.4) is 0 Å². The summed E-state index contributed by atoms with van der Waals surface area (Å²) in [7, 11) is -4.72. The van der Waals surface area contributed by atoms with Gasteiger partial charge in [-0.05, 0) is 35.4 Å². The summed E-state index contributed by atoms with van der Waals surface area (Å²) in [6.07, 6.45) is 3.29. The molecule has 0 aliphatic heterocycles. The monoisotopic (exact) mass is 306 g/mol. The standard InChI is InChI=1S/C15H11FO4S/c16-21(19,20)14-3-1-2-12(10-14)5-4-11-6-8-13(9-7-11)15(17)18/h1-10H,(H,17,18)/b5-4+. The molecule has 4 nitrogen and oxygen atoms in total. The molecule has 0 saturated heterocycles. The van der Waals surface area contributed by atoms with Crippen LogP contribution in [0.5, 0.6) is 0 Å². The molecule has 0 bridgehead atoms. The second-order valence-electron chi connectivity index (χ2n) is 4.27. The van der Waals surface area contributed by atoms with Crippen LogP contribution in [0.25, 0.3) is 12.2 Å². The van der Waals surface area contributed by atoms with Gasteiger partial charge in [0.25, 0.3) is 0 Å². The molecule has 0 spiro atoms. The Hall–Kier alpha value is -2.47. The van der Waals surface area contributed by atoms with E-state index in [-0.39, 0.29) is 5.56 Å². The lowest BCUT2D eigenvalue weighted by atomic mass is 10.1. The van der Waals surface area contributed by atoms with E-state index >= 15 is 0 Å². The van der Waals surface area contributed by atoms with Crippen molar-refractivity contribution in [3.8, 4) is 0 Å².